The van der Waals surface area contributed by atoms with Crippen LogP contribution in [-0.2, 0) is 16.0 Å². The second-order valence-electron chi connectivity index (χ2n) is 7.59. The molecule has 2 aliphatic rings. The maximum atomic E-state index is 12.6. The average Bonchev–Trinajstić information content (AvgIpc) is 2.54. The molecule has 1 aliphatic heterocycles. The van der Waals surface area contributed by atoms with E-state index in [2.05, 4.69) is 25.1 Å². The fourth-order valence-electron chi connectivity index (χ4n) is 4.13. The van der Waals surface area contributed by atoms with E-state index in [9.17, 15) is 10.1 Å². The van der Waals surface area contributed by atoms with E-state index in [1.54, 1.807) is 0 Å². The van der Waals surface area contributed by atoms with Gasteiger partial charge in [0.15, 0.2) is 5.78 Å². The summed E-state index contributed by atoms with van der Waals surface area (Å²) in [6.45, 7) is 5.93. The molecule has 3 nitrogen and oxygen atoms in total. The van der Waals surface area contributed by atoms with Crippen molar-refractivity contribution in [3.05, 3.63) is 47.5 Å². The first-order valence-corrected chi connectivity index (χ1v) is 8.24. The summed E-state index contributed by atoms with van der Waals surface area (Å²) in [7, 11) is 0. The largest absolute Gasteiger partial charge is 0.373 e. The summed E-state index contributed by atoms with van der Waals surface area (Å²) in [5, 5.41) is 9.27. The molecule has 0 bridgehead atoms. The van der Waals surface area contributed by atoms with Gasteiger partial charge in [0.25, 0.3) is 0 Å². The van der Waals surface area contributed by atoms with E-state index in [0.29, 0.717) is 5.57 Å². The molecular weight excluding hydrogens is 286 g/mol. The molecule has 1 heterocycles. The SMILES string of the molecule is CC1(C)C(=O)C(C#N)=C[C@@]2(C)CC[C@@H](Cc3ccccc3)O[C@H]12. The molecule has 0 radical (unpaired) electrons. The Morgan fingerprint density at radius 1 is 1.26 bits per heavy atom. The second kappa shape index (κ2) is 5.62. The maximum absolute atomic E-state index is 12.6. The van der Waals surface area contributed by atoms with Crippen LogP contribution in [0, 0.1) is 22.2 Å². The van der Waals surface area contributed by atoms with Crippen LogP contribution in [0.4, 0.5) is 0 Å². The van der Waals surface area contributed by atoms with Gasteiger partial charge in [0.1, 0.15) is 6.07 Å². The number of hydrogen-bond acceptors (Lipinski definition) is 3. The maximum Gasteiger partial charge on any atom is 0.181 e. The molecule has 0 unspecified atom stereocenters. The van der Waals surface area contributed by atoms with Gasteiger partial charge in [-0.1, -0.05) is 43.3 Å². The molecule has 23 heavy (non-hydrogen) atoms. The zero-order valence-corrected chi connectivity index (χ0v) is 14.0. The minimum Gasteiger partial charge on any atom is -0.373 e. The number of hydrogen-bond donors (Lipinski definition) is 0. The van der Waals surface area contributed by atoms with E-state index in [4.69, 9.17) is 4.74 Å². The number of nitrogens with zero attached hydrogens (tertiary/aromatic N) is 1. The molecule has 3 atom stereocenters. The number of allylic oxidation sites excluding steroid dienone is 1. The van der Waals surface area contributed by atoms with Gasteiger partial charge in [-0.15, -0.1) is 0 Å². The van der Waals surface area contributed by atoms with Gasteiger partial charge in [0.2, 0.25) is 0 Å². The lowest BCUT2D eigenvalue weighted by molar-refractivity contribution is -0.170. The zero-order chi connectivity index (χ0) is 16.7. The third kappa shape index (κ3) is 2.72. The van der Waals surface area contributed by atoms with Crippen LogP contribution in [0.15, 0.2) is 42.0 Å². The Hall–Kier alpha value is -1.92. The predicted octanol–water partition coefficient (Wildman–Crippen LogP) is 3.84. The highest BCUT2D eigenvalue weighted by molar-refractivity contribution is 6.04. The summed E-state index contributed by atoms with van der Waals surface area (Å²) < 4.78 is 6.40. The highest BCUT2D eigenvalue weighted by Gasteiger charge is 2.54. The molecule has 0 N–H and O–H groups in total. The van der Waals surface area contributed by atoms with Crippen LogP contribution < -0.4 is 0 Å². The van der Waals surface area contributed by atoms with E-state index in [-0.39, 0.29) is 23.4 Å². The number of fused-ring (bicyclic) bond motifs is 1. The van der Waals surface area contributed by atoms with E-state index in [0.717, 1.165) is 19.3 Å². The van der Waals surface area contributed by atoms with Crippen LogP contribution in [0.2, 0.25) is 0 Å². The fourth-order valence-corrected chi connectivity index (χ4v) is 4.13. The minimum absolute atomic E-state index is 0.0946. The average molecular weight is 309 g/mol. The number of benzene rings is 1. The fraction of sp³-hybridized carbons (Fsp3) is 0.500. The first-order valence-electron chi connectivity index (χ1n) is 8.24. The third-order valence-electron chi connectivity index (χ3n) is 5.32. The lowest BCUT2D eigenvalue weighted by Gasteiger charge is -2.51. The first kappa shape index (κ1) is 16.0. The number of ketones is 1. The Morgan fingerprint density at radius 3 is 2.61 bits per heavy atom. The van der Waals surface area contributed by atoms with E-state index >= 15 is 0 Å². The number of nitriles is 1. The van der Waals surface area contributed by atoms with Crippen molar-refractivity contribution in [3.63, 3.8) is 0 Å². The van der Waals surface area contributed by atoms with E-state index < -0.39 is 5.41 Å². The van der Waals surface area contributed by atoms with Gasteiger partial charge >= 0.3 is 0 Å². The summed E-state index contributed by atoms with van der Waals surface area (Å²) in [5.41, 5.74) is 0.646. The van der Waals surface area contributed by atoms with Crippen molar-refractivity contribution in [2.75, 3.05) is 0 Å². The summed E-state index contributed by atoms with van der Waals surface area (Å²) in [6.07, 6.45) is 4.55. The number of carbonyl (C=O) groups excluding carboxylic acids is 1. The quantitative estimate of drug-likeness (QED) is 0.834. The van der Waals surface area contributed by atoms with E-state index in [1.165, 1.54) is 5.56 Å². The van der Waals surface area contributed by atoms with E-state index in [1.807, 2.05) is 38.1 Å². The van der Waals surface area contributed by atoms with Crippen molar-refractivity contribution in [1.82, 2.24) is 0 Å². The van der Waals surface area contributed by atoms with Crippen LogP contribution in [0.25, 0.3) is 0 Å². The van der Waals surface area contributed by atoms with Crippen molar-refractivity contribution in [1.29, 1.82) is 5.26 Å². The highest BCUT2D eigenvalue weighted by Crippen LogP contribution is 2.50. The Balaban J connectivity index is 1.86. The topological polar surface area (TPSA) is 50.1 Å². The van der Waals surface area contributed by atoms with Crippen LogP contribution in [0.3, 0.4) is 0 Å². The highest BCUT2D eigenvalue weighted by atomic mass is 16.5. The lowest BCUT2D eigenvalue weighted by atomic mass is 9.60. The van der Waals surface area contributed by atoms with Gasteiger partial charge < -0.3 is 4.74 Å². The summed E-state index contributed by atoms with van der Waals surface area (Å²) >= 11 is 0. The molecule has 3 heteroatoms. The van der Waals surface area contributed by atoms with Gasteiger partial charge in [-0.05, 0) is 38.7 Å². The van der Waals surface area contributed by atoms with Crippen molar-refractivity contribution in [2.24, 2.45) is 10.8 Å². The molecule has 120 valence electrons. The van der Waals surface area contributed by atoms with Crippen LogP contribution >= 0.6 is 0 Å². The van der Waals surface area contributed by atoms with Crippen LogP contribution in [-0.4, -0.2) is 18.0 Å². The number of Topliss-reactive ketones (excluding diaryl/α,β-unsaturated/α-hetero) is 1. The molecule has 1 aliphatic carbocycles. The zero-order valence-electron chi connectivity index (χ0n) is 14.0. The normalized spacial score (nSPS) is 32.6. The second-order valence-corrected chi connectivity index (χ2v) is 7.59. The Kier molecular flexibility index (Phi) is 3.90. The summed E-state index contributed by atoms with van der Waals surface area (Å²) in [5.74, 6) is -0.0946. The lowest BCUT2D eigenvalue weighted by Crippen LogP contribution is -2.56. The molecule has 1 aromatic carbocycles. The predicted molar refractivity (Wildman–Crippen MR) is 88.6 cm³/mol. The number of rotatable bonds is 2. The van der Waals surface area contributed by atoms with Crippen LogP contribution in [0.5, 0.6) is 0 Å². The number of carbonyl (C=O) groups is 1. The van der Waals surface area contributed by atoms with Gasteiger partial charge in [-0.25, -0.2) is 0 Å². The smallest absolute Gasteiger partial charge is 0.181 e. The molecule has 1 saturated heterocycles. The first-order chi connectivity index (χ1) is 10.9. The molecule has 1 aromatic rings. The summed E-state index contributed by atoms with van der Waals surface area (Å²) in [6, 6.07) is 12.4. The van der Waals surface area contributed by atoms with Gasteiger partial charge in [-0.2, -0.15) is 5.26 Å². The van der Waals surface area contributed by atoms with Gasteiger partial charge in [0, 0.05) is 5.41 Å². The third-order valence-corrected chi connectivity index (χ3v) is 5.32. The molecule has 3 rings (SSSR count). The Bertz CT molecular complexity index is 683. The van der Waals surface area contributed by atoms with Crippen molar-refractivity contribution in [2.45, 2.75) is 52.2 Å². The standard InChI is InChI=1S/C20H23NO2/c1-19(2)17(22)15(13-21)12-20(3)10-9-16(23-18(19)20)11-14-7-5-4-6-8-14/h4-8,12,16,18H,9-11H2,1-3H3/t16-,18+,20+/m0/s1. The van der Waals surface area contributed by atoms with Crippen molar-refractivity contribution < 1.29 is 9.53 Å². The van der Waals surface area contributed by atoms with Gasteiger partial charge in [-0.3, -0.25) is 4.79 Å². The molecule has 0 amide bonds. The Morgan fingerprint density at radius 2 is 1.96 bits per heavy atom. The van der Waals surface area contributed by atoms with Crippen molar-refractivity contribution in [3.8, 4) is 6.07 Å². The number of ether oxygens (including phenoxy) is 1. The van der Waals surface area contributed by atoms with Crippen LogP contribution in [0.1, 0.15) is 39.2 Å². The van der Waals surface area contributed by atoms with Crippen molar-refractivity contribution >= 4 is 5.78 Å². The molecule has 0 spiro atoms. The Labute approximate surface area is 138 Å². The minimum atomic E-state index is -0.663. The molecular formula is C20H23NO2. The molecule has 1 fully saturated rings. The summed E-state index contributed by atoms with van der Waals surface area (Å²) in [4.78, 5) is 12.6. The monoisotopic (exact) mass is 309 g/mol. The molecule has 0 aromatic heterocycles. The van der Waals surface area contributed by atoms with Gasteiger partial charge in [0.05, 0.1) is 23.2 Å². The molecule has 0 saturated carbocycles.